The van der Waals surface area contributed by atoms with Crippen LogP contribution in [0.25, 0.3) is 10.8 Å². The molecule has 6 nitrogen and oxygen atoms in total. The Morgan fingerprint density at radius 3 is 2.62 bits per heavy atom. The number of nitrogens with one attached hydrogen (secondary N) is 2. The van der Waals surface area contributed by atoms with Crippen LogP contribution in [0.2, 0.25) is 0 Å². The van der Waals surface area contributed by atoms with Gasteiger partial charge in [-0.25, -0.2) is 4.68 Å². The maximum atomic E-state index is 12.4. The number of H-pyrrole nitrogens is 1. The number of carbonyl (C=O) groups is 1. The molecule has 7 heteroatoms. The predicted molar refractivity (Wildman–Crippen MR) is 95.7 cm³/mol. The van der Waals surface area contributed by atoms with Gasteiger partial charge in [-0.1, -0.05) is 18.2 Å². The van der Waals surface area contributed by atoms with E-state index >= 15 is 0 Å². The summed E-state index contributed by atoms with van der Waals surface area (Å²) in [7, 11) is 0. The number of anilines is 1. The maximum absolute atomic E-state index is 12.4. The van der Waals surface area contributed by atoms with Gasteiger partial charge in [0, 0.05) is 10.6 Å². The fourth-order valence-electron chi connectivity index (χ4n) is 2.40. The first kappa shape index (κ1) is 16.1. The number of hydrogen-bond acceptors (Lipinski definition) is 4. The van der Waals surface area contributed by atoms with E-state index in [0.717, 1.165) is 9.58 Å². The summed E-state index contributed by atoms with van der Waals surface area (Å²) in [5.74, 6) is -0.388. The molecule has 122 valence electrons. The Morgan fingerprint density at radius 1 is 1.12 bits per heavy atom. The Labute approximate surface area is 141 Å². The monoisotopic (exact) mass is 341 g/mol. The molecule has 0 aliphatic heterocycles. The highest BCUT2D eigenvalue weighted by Gasteiger charge is 2.10. The summed E-state index contributed by atoms with van der Waals surface area (Å²) < 4.78 is 1.03. The summed E-state index contributed by atoms with van der Waals surface area (Å²) in [6.45, 7) is -0.262. The van der Waals surface area contributed by atoms with Gasteiger partial charge >= 0.3 is 0 Å². The highest BCUT2D eigenvalue weighted by molar-refractivity contribution is 7.98. The van der Waals surface area contributed by atoms with E-state index in [1.807, 2.05) is 24.5 Å². The zero-order valence-electron chi connectivity index (χ0n) is 12.9. The van der Waals surface area contributed by atoms with Crippen molar-refractivity contribution in [2.45, 2.75) is 11.4 Å². The largest absolute Gasteiger partial charge is 0.324 e. The first-order valence-electron chi connectivity index (χ1n) is 7.24. The summed E-state index contributed by atoms with van der Waals surface area (Å²) in [4.78, 5) is 37.6. The summed E-state index contributed by atoms with van der Waals surface area (Å²) in [6, 6.07) is 13.9. The molecule has 1 heterocycles. The molecule has 3 aromatic rings. The van der Waals surface area contributed by atoms with E-state index in [-0.39, 0.29) is 12.5 Å². The molecule has 2 aromatic carbocycles. The quantitative estimate of drug-likeness (QED) is 0.712. The zero-order chi connectivity index (χ0) is 17.1. The number of aromatic amines is 1. The molecule has 0 aliphatic rings. The van der Waals surface area contributed by atoms with Crippen LogP contribution in [0, 0.1) is 0 Å². The number of rotatable bonds is 4. The molecular weight excluding hydrogens is 326 g/mol. The molecule has 1 aromatic heterocycles. The van der Waals surface area contributed by atoms with Crippen LogP contribution in [0.1, 0.15) is 0 Å². The van der Waals surface area contributed by atoms with E-state index in [1.165, 1.54) is 0 Å². The van der Waals surface area contributed by atoms with Crippen molar-refractivity contribution < 1.29 is 4.79 Å². The molecule has 0 radical (unpaired) electrons. The summed E-state index contributed by atoms with van der Waals surface area (Å²) in [5.41, 5.74) is -0.163. The van der Waals surface area contributed by atoms with Crippen LogP contribution in [0.3, 0.4) is 0 Å². The van der Waals surface area contributed by atoms with Crippen LogP contribution in [0.4, 0.5) is 5.69 Å². The third-order valence-electron chi connectivity index (χ3n) is 3.54. The van der Waals surface area contributed by atoms with E-state index in [4.69, 9.17) is 0 Å². The Balaban J connectivity index is 1.87. The lowest BCUT2D eigenvalue weighted by Crippen LogP contribution is -2.34. The second-order valence-electron chi connectivity index (χ2n) is 5.16. The van der Waals surface area contributed by atoms with Gasteiger partial charge in [-0.3, -0.25) is 19.5 Å². The van der Waals surface area contributed by atoms with Crippen molar-refractivity contribution in [2.24, 2.45) is 0 Å². The molecule has 0 aliphatic carbocycles. The van der Waals surface area contributed by atoms with Crippen molar-refractivity contribution in [3.05, 3.63) is 69.2 Å². The van der Waals surface area contributed by atoms with E-state index in [9.17, 15) is 14.4 Å². The number of aromatic nitrogens is 2. The molecule has 0 spiro atoms. The molecule has 0 saturated carbocycles. The Kier molecular flexibility index (Phi) is 4.52. The smallest absolute Gasteiger partial charge is 0.273 e. The Hall–Kier alpha value is -2.80. The number of carbonyl (C=O) groups excluding carboxylic acids is 1. The van der Waals surface area contributed by atoms with Gasteiger partial charge in [0.25, 0.3) is 11.1 Å². The van der Waals surface area contributed by atoms with Crippen molar-refractivity contribution >= 4 is 34.1 Å². The molecule has 0 bridgehead atoms. The zero-order valence-corrected chi connectivity index (χ0v) is 13.7. The minimum absolute atomic E-state index is 0.262. The third kappa shape index (κ3) is 3.26. The Bertz CT molecular complexity index is 1020. The van der Waals surface area contributed by atoms with E-state index in [0.29, 0.717) is 16.5 Å². The molecule has 2 N–H and O–H groups in total. The van der Waals surface area contributed by atoms with Crippen LogP contribution in [-0.4, -0.2) is 21.9 Å². The van der Waals surface area contributed by atoms with E-state index in [1.54, 1.807) is 42.1 Å². The number of benzene rings is 2. The topological polar surface area (TPSA) is 84.0 Å². The molecule has 0 saturated heterocycles. The number of thioether (sulfide) groups is 1. The number of amides is 1. The molecule has 0 atom stereocenters. The molecule has 24 heavy (non-hydrogen) atoms. The van der Waals surface area contributed by atoms with Crippen LogP contribution in [0.15, 0.2) is 63.0 Å². The molecular formula is C17H15N3O3S. The summed E-state index contributed by atoms with van der Waals surface area (Å²) >= 11 is 1.57. The normalized spacial score (nSPS) is 10.7. The molecule has 1 amide bonds. The van der Waals surface area contributed by atoms with E-state index < -0.39 is 11.1 Å². The van der Waals surface area contributed by atoms with E-state index in [2.05, 4.69) is 10.4 Å². The van der Waals surface area contributed by atoms with Crippen LogP contribution >= 0.6 is 11.8 Å². The average Bonchev–Trinajstić information content (AvgIpc) is 2.59. The van der Waals surface area contributed by atoms with Crippen molar-refractivity contribution in [1.82, 2.24) is 9.78 Å². The van der Waals surface area contributed by atoms with Crippen molar-refractivity contribution in [3.8, 4) is 0 Å². The van der Waals surface area contributed by atoms with Crippen molar-refractivity contribution in [2.75, 3.05) is 11.6 Å². The molecule has 0 unspecified atom stereocenters. The van der Waals surface area contributed by atoms with Gasteiger partial charge in [0.15, 0.2) is 0 Å². The third-order valence-corrected chi connectivity index (χ3v) is 4.26. The predicted octanol–water partition coefficient (Wildman–Crippen LogP) is 2.05. The lowest BCUT2D eigenvalue weighted by Gasteiger charge is -2.09. The average molecular weight is 341 g/mol. The van der Waals surface area contributed by atoms with Gasteiger partial charge in [-0.2, -0.15) is 0 Å². The van der Waals surface area contributed by atoms with Crippen molar-refractivity contribution in [1.29, 1.82) is 0 Å². The van der Waals surface area contributed by atoms with Crippen molar-refractivity contribution in [3.63, 3.8) is 0 Å². The second kappa shape index (κ2) is 6.76. The summed E-state index contributed by atoms with van der Waals surface area (Å²) in [5, 5.41) is 5.77. The fraction of sp³-hybridized carbons (Fsp3) is 0.118. The minimum Gasteiger partial charge on any atom is -0.324 e. The van der Waals surface area contributed by atoms with Crippen LogP contribution in [-0.2, 0) is 11.3 Å². The lowest BCUT2D eigenvalue weighted by molar-refractivity contribution is -0.117. The molecule has 3 rings (SSSR count). The van der Waals surface area contributed by atoms with Gasteiger partial charge in [0.05, 0.1) is 10.8 Å². The number of fused-ring (bicyclic) bond motifs is 1. The SMILES string of the molecule is CSc1cccc(NC(=O)Cn2[nH]c(=O)c3ccccc3c2=O)c1. The van der Waals surface area contributed by atoms with Gasteiger partial charge in [0.1, 0.15) is 6.54 Å². The highest BCUT2D eigenvalue weighted by Crippen LogP contribution is 2.18. The minimum atomic E-state index is -0.404. The molecule has 0 fully saturated rings. The fourth-order valence-corrected chi connectivity index (χ4v) is 2.86. The first-order valence-corrected chi connectivity index (χ1v) is 8.47. The van der Waals surface area contributed by atoms with Gasteiger partial charge in [0.2, 0.25) is 5.91 Å². The Morgan fingerprint density at radius 2 is 1.88 bits per heavy atom. The number of hydrogen-bond donors (Lipinski definition) is 2. The van der Waals surface area contributed by atoms with Gasteiger partial charge in [-0.15, -0.1) is 11.8 Å². The standard InChI is InChI=1S/C17H15N3O3S/c1-24-12-6-4-5-11(9-12)18-15(21)10-20-17(23)14-8-3-2-7-13(14)16(22)19-20/h2-9H,10H2,1H3,(H,18,21)(H,19,22). The highest BCUT2D eigenvalue weighted by atomic mass is 32.2. The van der Waals surface area contributed by atoms with Crippen LogP contribution < -0.4 is 16.4 Å². The maximum Gasteiger partial charge on any atom is 0.273 e. The first-order chi connectivity index (χ1) is 11.6. The second-order valence-corrected chi connectivity index (χ2v) is 6.04. The lowest BCUT2D eigenvalue weighted by atomic mass is 10.2. The van der Waals surface area contributed by atoms with Gasteiger partial charge in [-0.05, 0) is 36.6 Å². The summed E-state index contributed by atoms with van der Waals surface area (Å²) in [6.07, 6.45) is 1.94. The van der Waals surface area contributed by atoms with Crippen LogP contribution in [0.5, 0.6) is 0 Å². The van der Waals surface area contributed by atoms with Gasteiger partial charge < -0.3 is 5.32 Å². The number of nitrogens with zero attached hydrogens (tertiary/aromatic N) is 1.